The summed E-state index contributed by atoms with van der Waals surface area (Å²) >= 11 is 0. The predicted molar refractivity (Wildman–Crippen MR) is 183 cm³/mol. The molecular weight excluding hydrogens is 480 g/mol. The van der Waals surface area contributed by atoms with Crippen LogP contribution in [0.3, 0.4) is 0 Å². The zero-order chi connectivity index (χ0) is 30.2. The van der Waals surface area contributed by atoms with Crippen LogP contribution in [0.2, 0.25) is 0 Å². The van der Waals surface area contributed by atoms with E-state index in [1.165, 1.54) is 33.4 Å². The first-order valence-electron chi connectivity index (χ1n) is 14.3. The molecule has 0 rings (SSSR count). The van der Waals surface area contributed by atoms with Crippen molar-refractivity contribution in [2.45, 2.75) is 94.9 Å². The van der Waals surface area contributed by atoms with Crippen LogP contribution in [0.15, 0.2) is 130 Å². The molecule has 0 aliphatic carbocycles. The lowest BCUT2D eigenvalue weighted by atomic mass is 10.1. The standard InChI is InChI=1S/C40H52/c1-33(2)19-13-23-37(7)27-17-31-39(9)29-15-25-35(5)21-11-12-22-36(6)26-16-30-40(10)32-18-28-38(8)24-14-20-34(3)4/h11-12,15-16,19-22,25-30H,13-14,23-24H2,1-10H3/b12-11+,25-15+,26-16+,35-21+,36-22+,37-27+,38-28+,39-29-,40-30-. The molecule has 0 aromatic carbocycles. The van der Waals surface area contributed by atoms with Gasteiger partial charge in [0.2, 0.25) is 0 Å². The zero-order valence-corrected chi connectivity index (χ0v) is 26.9. The van der Waals surface area contributed by atoms with Crippen molar-refractivity contribution in [3.63, 3.8) is 0 Å². The smallest absolute Gasteiger partial charge is 0.000725 e. The summed E-state index contributed by atoms with van der Waals surface area (Å²) in [6, 6.07) is 0. The summed E-state index contributed by atoms with van der Waals surface area (Å²) in [5.41, 5.74) is 9.85. The van der Waals surface area contributed by atoms with Gasteiger partial charge in [-0.1, -0.05) is 130 Å². The van der Waals surface area contributed by atoms with Crippen LogP contribution in [-0.2, 0) is 0 Å². The molecule has 0 nitrogen and oxygen atoms in total. The van der Waals surface area contributed by atoms with E-state index in [9.17, 15) is 0 Å². The maximum Gasteiger partial charge on any atom is -0.000725 e. The van der Waals surface area contributed by atoms with Crippen LogP contribution in [0.5, 0.6) is 0 Å². The highest BCUT2D eigenvalue weighted by molar-refractivity contribution is 5.37. The molecule has 0 spiro atoms. The molecule has 0 saturated heterocycles. The zero-order valence-electron chi connectivity index (χ0n) is 26.9. The van der Waals surface area contributed by atoms with E-state index in [-0.39, 0.29) is 0 Å². The first kappa shape index (κ1) is 36.3. The Kier molecular flexibility index (Phi) is 21.0. The molecule has 0 radical (unpaired) electrons. The van der Waals surface area contributed by atoms with Gasteiger partial charge in [-0.05, 0) is 118 Å². The second-order valence-electron chi connectivity index (χ2n) is 10.8. The van der Waals surface area contributed by atoms with Gasteiger partial charge in [-0.3, -0.25) is 0 Å². The summed E-state index contributed by atoms with van der Waals surface area (Å²) in [5.74, 6) is 12.7. The Morgan fingerprint density at radius 1 is 0.475 bits per heavy atom. The normalized spacial score (nSPS) is 13.8. The minimum atomic E-state index is 1.05. The summed E-state index contributed by atoms with van der Waals surface area (Å²) in [6.07, 6.45) is 33.6. The van der Waals surface area contributed by atoms with Crippen molar-refractivity contribution in [2.24, 2.45) is 0 Å². The van der Waals surface area contributed by atoms with E-state index >= 15 is 0 Å². The van der Waals surface area contributed by atoms with E-state index in [2.05, 4.69) is 152 Å². The third-order valence-electron chi connectivity index (χ3n) is 5.60. The van der Waals surface area contributed by atoms with E-state index in [0.29, 0.717) is 0 Å². The monoisotopic (exact) mass is 532 g/mol. The summed E-state index contributed by atoms with van der Waals surface area (Å²) < 4.78 is 0. The minimum Gasteiger partial charge on any atom is -0.0856 e. The first-order chi connectivity index (χ1) is 19.0. The summed E-state index contributed by atoms with van der Waals surface area (Å²) in [5, 5.41) is 0. The average molecular weight is 533 g/mol. The Morgan fingerprint density at radius 3 is 1.20 bits per heavy atom. The van der Waals surface area contributed by atoms with E-state index in [4.69, 9.17) is 0 Å². The van der Waals surface area contributed by atoms with Gasteiger partial charge >= 0.3 is 0 Å². The molecule has 0 N–H and O–H groups in total. The third kappa shape index (κ3) is 24.6. The fourth-order valence-electron chi connectivity index (χ4n) is 3.17. The van der Waals surface area contributed by atoms with Gasteiger partial charge in [0.25, 0.3) is 0 Å². The highest BCUT2D eigenvalue weighted by atomic mass is 13.9. The molecule has 0 fully saturated rings. The van der Waals surface area contributed by atoms with Crippen molar-refractivity contribution in [3.8, 4) is 23.7 Å². The highest BCUT2D eigenvalue weighted by Gasteiger charge is 1.88. The summed E-state index contributed by atoms with van der Waals surface area (Å²) in [6.45, 7) is 21.1. The van der Waals surface area contributed by atoms with Gasteiger partial charge in [0.1, 0.15) is 0 Å². The number of rotatable bonds is 12. The lowest BCUT2D eigenvalue weighted by Gasteiger charge is -1.95. The van der Waals surface area contributed by atoms with Crippen LogP contribution in [0.25, 0.3) is 0 Å². The second-order valence-corrected chi connectivity index (χ2v) is 10.8. The molecule has 0 aliphatic rings. The van der Waals surface area contributed by atoms with E-state index in [1.54, 1.807) is 0 Å². The molecule has 0 heteroatoms. The summed E-state index contributed by atoms with van der Waals surface area (Å²) in [7, 11) is 0. The largest absolute Gasteiger partial charge is 0.0856 e. The van der Waals surface area contributed by atoms with Crippen molar-refractivity contribution in [1.29, 1.82) is 0 Å². The van der Waals surface area contributed by atoms with E-state index in [0.717, 1.165) is 36.8 Å². The predicted octanol–water partition coefficient (Wildman–Crippen LogP) is 11.8. The van der Waals surface area contributed by atoms with Gasteiger partial charge in [-0.15, -0.1) is 0 Å². The molecule has 0 unspecified atom stereocenters. The molecule has 0 atom stereocenters. The molecule has 0 aromatic rings. The molecule has 0 bridgehead atoms. The fraction of sp³-hybridized carbons (Fsp3) is 0.350. The molecule has 0 amide bonds. The van der Waals surface area contributed by atoms with Gasteiger partial charge in [-0.2, -0.15) is 0 Å². The van der Waals surface area contributed by atoms with Crippen molar-refractivity contribution in [2.75, 3.05) is 0 Å². The second kappa shape index (κ2) is 23.2. The quantitative estimate of drug-likeness (QED) is 0.133. The first-order valence-corrected chi connectivity index (χ1v) is 14.3. The van der Waals surface area contributed by atoms with Crippen molar-refractivity contribution in [1.82, 2.24) is 0 Å². The number of allylic oxidation sites excluding steroid dienone is 22. The maximum absolute atomic E-state index is 3.20. The molecular formula is C40H52. The fourth-order valence-corrected chi connectivity index (χ4v) is 3.17. The van der Waals surface area contributed by atoms with Crippen molar-refractivity contribution >= 4 is 0 Å². The number of hydrogen-bond donors (Lipinski definition) is 0. The summed E-state index contributed by atoms with van der Waals surface area (Å²) in [4.78, 5) is 0. The molecule has 0 aliphatic heterocycles. The van der Waals surface area contributed by atoms with Gasteiger partial charge in [0.15, 0.2) is 0 Å². The van der Waals surface area contributed by atoms with Crippen molar-refractivity contribution < 1.29 is 0 Å². The van der Waals surface area contributed by atoms with Crippen LogP contribution >= 0.6 is 0 Å². The molecule has 0 saturated carbocycles. The topological polar surface area (TPSA) is 0 Å². The third-order valence-corrected chi connectivity index (χ3v) is 5.60. The highest BCUT2D eigenvalue weighted by Crippen LogP contribution is 2.07. The van der Waals surface area contributed by atoms with Crippen molar-refractivity contribution in [3.05, 3.63) is 130 Å². The van der Waals surface area contributed by atoms with Gasteiger partial charge < -0.3 is 0 Å². The van der Waals surface area contributed by atoms with Gasteiger partial charge in [-0.25, -0.2) is 0 Å². The van der Waals surface area contributed by atoms with E-state index in [1.807, 2.05) is 26.0 Å². The molecule has 40 heavy (non-hydrogen) atoms. The minimum absolute atomic E-state index is 1.05. The molecule has 0 aromatic heterocycles. The molecule has 212 valence electrons. The average Bonchev–Trinajstić information content (AvgIpc) is 2.86. The Labute approximate surface area is 247 Å². The van der Waals surface area contributed by atoms with Gasteiger partial charge in [0, 0.05) is 0 Å². The Balaban J connectivity index is 4.77. The maximum atomic E-state index is 3.20. The Bertz CT molecular complexity index is 1150. The number of hydrogen-bond acceptors (Lipinski definition) is 0. The Hall–Kier alpha value is -3.74. The Morgan fingerprint density at radius 2 is 0.850 bits per heavy atom. The van der Waals surface area contributed by atoms with E-state index < -0.39 is 0 Å². The lowest BCUT2D eigenvalue weighted by molar-refractivity contribution is 0.968. The SMILES string of the molecule is CC(C)=CCC/C(C)=C/C#C\C(C)=C/C=C/C(C)=C/C=C/C=C(C)/C=C/C=C(/C)C#C/C=C(\C)CCC=C(C)C. The molecule has 0 heterocycles. The van der Waals surface area contributed by atoms with Crippen LogP contribution in [0.1, 0.15) is 94.9 Å². The van der Waals surface area contributed by atoms with Crippen LogP contribution in [-0.4, -0.2) is 0 Å². The van der Waals surface area contributed by atoms with Crippen LogP contribution < -0.4 is 0 Å². The van der Waals surface area contributed by atoms with Crippen LogP contribution in [0, 0.1) is 23.7 Å². The van der Waals surface area contributed by atoms with Crippen LogP contribution in [0.4, 0.5) is 0 Å². The lowest BCUT2D eigenvalue weighted by Crippen LogP contribution is -1.76. The van der Waals surface area contributed by atoms with Gasteiger partial charge in [0.05, 0.1) is 0 Å².